The Balaban J connectivity index is 2.59. The number of amides is 1. The van der Waals surface area contributed by atoms with Gasteiger partial charge in [-0.2, -0.15) is 0 Å². The summed E-state index contributed by atoms with van der Waals surface area (Å²) in [6, 6.07) is 7.71. The fourth-order valence-corrected chi connectivity index (χ4v) is 2.25. The average molecular weight is 309 g/mol. The fraction of sp³-hybridized carbons (Fsp3) is 0.167. The number of rotatable bonds is 4. The number of aliphatic imine (C=N–C) groups is 1. The summed E-state index contributed by atoms with van der Waals surface area (Å²) < 4.78 is 5.40. The number of benzene rings is 1. The SMILES string of the molecule is C=CC(=Nc1c(OC)ccc(-c2ccncc2)c1C)NC(C)=O. The fourth-order valence-electron chi connectivity index (χ4n) is 2.25. The molecule has 0 spiro atoms. The number of pyridine rings is 1. The smallest absolute Gasteiger partial charge is 0.222 e. The van der Waals surface area contributed by atoms with Crippen LogP contribution < -0.4 is 10.1 Å². The van der Waals surface area contributed by atoms with Crippen molar-refractivity contribution in [3.05, 3.63) is 54.9 Å². The Kier molecular flexibility index (Phi) is 5.25. The lowest BCUT2D eigenvalue weighted by atomic mass is 9.99. The second kappa shape index (κ2) is 7.35. The molecular weight excluding hydrogens is 290 g/mol. The van der Waals surface area contributed by atoms with Gasteiger partial charge in [-0.3, -0.25) is 9.78 Å². The molecule has 5 heteroatoms. The largest absolute Gasteiger partial charge is 0.494 e. The highest BCUT2D eigenvalue weighted by atomic mass is 16.5. The lowest BCUT2D eigenvalue weighted by Gasteiger charge is -2.13. The Bertz CT molecular complexity index is 752. The molecule has 0 aliphatic heterocycles. The molecule has 0 fully saturated rings. The van der Waals surface area contributed by atoms with Gasteiger partial charge in [0.2, 0.25) is 5.91 Å². The normalized spacial score (nSPS) is 11.0. The van der Waals surface area contributed by atoms with Crippen LogP contribution in [0.25, 0.3) is 11.1 Å². The van der Waals surface area contributed by atoms with E-state index in [0.29, 0.717) is 17.3 Å². The highest BCUT2D eigenvalue weighted by Crippen LogP contribution is 2.37. The summed E-state index contributed by atoms with van der Waals surface area (Å²) in [5.74, 6) is 0.807. The maximum absolute atomic E-state index is 11.3. The lowest BCUT2D eigenvalue weighted by Crippen LogP contribution is -2.26. The van der Waals surface area contributed by atoms with Gasteiger partial charge in [0.05, 0.1) is 7.11 Å². The molecule has 0 aliphatic carbocycles. The first-order valence-electron chi connectivity index (χ1n) is 7.13. The molecule has 1 aromatic heterocycles. The van der Waals surface area contributed by atoms with Crippen LogP contribution in [0.15, 0.2) is 54.3 Å². The van der Waals surface area contributed by atoms with Crippen LogP contribution >= 0.6 is 0 Å². The molecule has 1 N–H and O–H groups in total. The third-order valence-electron chi connectivity index (χ3n) is 3.33. The van der Waals surface area contributed by atoms with E-state index in [1.807, 2.05) is 31.2 Å². The van der Waals surface area contributed by atoms with E-state index in [-0.39, 0.29) is 5.91 Å². The summed E-state index contributed by atoms with van der Waals surface area (Å²) in [6.07, 6.45) is 4.99. The van der Waals surface area contributed by atoms with Crippen molar-refractivity contribution < 1.29 is 9.53 Å². The number of aromatic nitrogens is 1. The van der Waals surface area contributed by atoms with E-state index in [4.69, 9.17) is 4.74 Å². The van der Waals surface area contributed by atoms with Crippen LogP contribution in [-0.4, -0.2) is 23.8 Å². The van der Waals surface area contributed by atoms with E-state index in [1.165, 1.54) is 13.0 Å². The van der Waals surface area contributed by atoms with E-state index in [1.54, 1.807) is 19.5 Å². The number of nitrogens with one attached hydrogen (secondary N) is 1. The van der Waals surface area contributed by atoms with E-state index < -0.39 is 0 Å². The van der Waals surface area contributed by atoms with Crippen molar-refractivity contribution in [1.29, 1.82) is 0 Å². The molecule has 23 heavy (non-hydrogen) atoms. The van der Waals surface area contributed by atoms with Crippen molar-refractivity contribution in [3.63, 3.8) is 0 Å². The van der Waals surface area contributed by atoms with Gasteiger partial charge in [0.25, 0.3) is 0 Å². The number of hydrogen-bond donors (Lipinski definition) is 1. The monoisotopic (exact) mass is 309 g/mol. The lowest BCUT2D eigenvalue weighted by molar-refractivity contribution is -0.117. The predicted octanol–water partition coefficient (Wildman–Crippen LogP) is 3.42. The van der Waals surface area contributed by atoms with Crippen molar-refractivity contribution in [2.24, 2.45) is 4.99 Å². The molecule has 0 unspecified atom stereocenters. The second-order valence-electron chi connectivity index (χ2n) is 4.91. The average Bonchev–Trinajstić information content (AvgIpc) is 2.56. The van der Waals surface area contributed by atoms with Gasteiger partial charge in [-0.25, -0.2) is 4.99 Å². The van der Waals surface area contributed by atoms with Gasteiger partial charge in [0.1, 0.15) is 17.3 Å². The molecule has 0 aliphatic rings. The van der Waals surface area contributed by atoms with E-state index in [9.17, 15) is 4.79 Å². The van der Waals surface area contributed by atoms with Gasteiger partial charge in [-0.05, 0) is 47.9 Å². The van der Waals surface area contributed by atoms with Crippen molar-refractivity contribution in [2.45, 2.75) is 13.8 Å². The van der Waals surface area contributed by atoms with E-state index in [0.717, 1.165) is 16.7 Å². The molecule has 1 amide bonds. The number of nitrogens with zero attached hydrogens (tertiary/aromatic N) is 2. The third kappa shape index (κ3) is 3.83. The van der Waals surface area contributed by atoms with Crippen molar-refractivity contribution in [2.75, 3.05) is 7.11 Å². The van der Waals surface area contributed by atoms with Gasteiger partial charge in [0, 0.05) is 19.3 Å². The van der Waals surface area contributed by atoms with Crippen LogP contribution in [0.3, 0.4) is 0 Å². The van der Waals surface area contributed by atoms with Gasteiger partial charge >= 0.3 is 0 Å². The first-order valence-corrected chi connectivity index (χ1v) is 7.13. The summed E-state index contributed by atoms with van der Waals surface area (Å²) in [5, 5.41) is 2.64. The first kappa shape index (κ1) is 16.4. The molecule has 1 aromatic carbocycles. The molecule has 0 saturated carbocycles. The molecule has 0 atom stereocenters. The van der Waals surface area contributed by atoms with Crippen LogP contribution in [0, 0.1) is 6.92 Å². The van der Waals surface area contributed by atoms with Crippen LogP contribution in [-0.2, 0) is 4.79 Å². The molecule has 0 radical (unpaired) electrons. The minimum Gasteiger partial charge on any atom is -0.494 e. The van der Waals surface area contributed by atoms with Crippen LogP contribution in [0.5, 0.6) is 5.75 Å². The Labute approximate surface area is 135 Å². The molecule has 1 heterocycles. The zero-order chi connectivity index (χ0) is 16.8. The number of ether oxygens (including phenoxy) is 1. The Morgan fingerprint density at radius 2 is 2.00 bits per heavy atom. The van der Waals surface area contributed by atoms with E-state index >= 15 is 0 Å². The van der Waals surface area contributed by atoms with Gasteiger partial charge in [-0.1, -0.05) is 12.6 Å². The third-order valence-corrected chi connectivity index (χ3v) is 3.33. The quantitative estimate of drug-likeness (QED) is 0.695. The summed E-state index contributed by atoms with van der Waals surface area (Å²) in [4.78, 5) is 19.8. The Hall–Kier alpha value is -2.95. The van der Waals surface area contributed by atoms with Crippen LogP contribution in [0.4, 0.5) is 5.69 Å². The molecule has 2 rings (SSSR count). The Morgan fingerprint density at radius 1 is 1.30 bits per heavy atom. The van der Waals surface area contributed by atoms with Crippen molar-refractivity contribution in [3.8, 4) is 16.9 Å². The van der Waals surface area contributed by atoms with Gasteiger partial charge < -0.3 is 10.1 Å². The minimum absolute atomic E-state index is 0.203. The number of methoxy groups -OCH3 is 1. The zero-order valence-electron chi connectivity index (χ0n) is 13.5. The molecule has 5 nitrogen and oxygen atoms in total. The maximum Gasteiger partial charge on any atom is 0.222 e. The number of carbonyl (C=O) groups is 1. The molecule has 0 saturated heterocycles. The zero-order valence-corrected chi connectivity index (χ0v) is 13.5. The highest BCUT2D eigenvalue weighted by molar-refractivity contribution is 6.05. The standard InChI is InChI=1S/C18H19N3O2/c1-5-17(20-13(3)22)21-18-12(2)15(6-7-16(18)23-4)14-8-10-19-11-9-14/h5-11H,1H2,2-4H3,(H,20,21,22). The molecule has 2 aromatic rings. The topological polar surface area (TPSA) is 63.6 Å². The molecule has 118 valence electrons. The molecular formula is C18H19N3O2. The molecule has 0 bridgehead atoms. The maximum atomic E-state index is 11.3. The summed E-state index contributed by atoms with van der Waals surface area (Å²) >= 11 is 0. The first-order chi connectivity index (χ1) is 11.1. The number of carbonyl (C=O) groups excluding carboxylic acids is 1. The van der Waals surface area contributed by atoms with Gasteiger partial charge in [0.15, 0.2) is 0 Å². The predicted molar refractivity (Wildman–Crippen MR) is 92.1 cm³/mol. The van der Waals surface area contributed by atoms with Gasteiger partial charge in [-0.15, -0.1) is 0 Å². The Morgan fingerprint density at radius 3 is 2.57 bits per heavy atom. The van der Waals surface area contributed by atoms with Crippen molar-refractivity contribution in [1.82, 2.24) is 10.3 Å². The highest BCUT2D eigenvalue weighted by Gasteiger charge is 2.12. The minimum atomic E-state index is -0.203. The second-order valence-corrected chi connectivity index (χ2v) is 4.91. The summed E-state index contributed by atoms with van der Waals surface area (Å²) in [5.41, 5.74) is 3.67. The number of hydrogen-bond acceptors (Lipinski definition) is 4. The summed E-state index contributed by atoms with van der Waals surface area (Å²) in [7, 11) is 1.59. The van der Waals surface area contributed by atoms with Crippen LogP contribution in [0.2, 0.25) is 0 Å². The van der Waals surface area contributed by atoms with E-state index in [2.05, 4.69) is 21.9 Å². The number of amidine groups is 1. The van der Waals surface area contributed by atoms with Crippen LogP contribution in [0.1, 0.15) is 12.5 Å². The summed E-state index contributed by atoms with van der Waals surface area (Å²) in [6.45, 7) is 7.07. The van der Waals surface area contributed by atoms with Crippen molar-refractivity contribution >= 4 is 17.4 Å².